The maximum absolute atomic E-state index is 12.6. The van der Waals surface area contributed by atoms with E-state index in [1.807, 2.05) is 34.9 Å². The van der Waals surface area contributed by atoms with Crippen molar-refractivity contribution < 1.29 is 9.53 Å². The maximum Gasteiger partial charge on any atom is 0.240 e. The molecule has 0 saturated heterocycles. The van der Waals surface area contributed by atoms with E-state index in [2.05, 4.69) is 24.1 Å². The summed E-state index contributed by atoms with van der Waals surface area (Å²) >= 11 is 0. The van der Waals surface area contributed by atoms with Crippen LogP contribution in [0.3, 0.4) is 0 Å². The van der Waals surface area contributed by atoms with Gasteiger partial charge in [0.25, 0.3) is 0 Å². The molecule has 1 aliphatic carbocycles. The molecular formula is C16H33N3O2. The van der Waals surface area contributed by atoms with Gasteiger partial charge in [-0.15, -0.1) is 0 Å². The largest absolute Gasteiger partial charge is 0.378 e. The fourth-order valence-corrected chi connectivity index (χ4v) is 3.19. The lowest BCUT2D eigenvalue weighted by Crippen LogP contribution is -2.76. The van der Waals surface area contributed by atoms with E-state index in [0.29, 0.717) is 31.5 Å². The zero-order valence-electron chi connectivity index (χ0n) is 14.7. The van der Waals surface area contributed by atoms with Crippen LogP contribution in [-0.4, -0.2) is 55.7 Å². The molecule has 3 atom stereocenters. The Hall–Kier alpha value is -0.650. The van der Waals surface area contributed by atoms with Crippen LogP contribution in [0.5, 0.6) is 0 Å². The molecule has 5 heteroatoms. The van der Waals surface area contributed by atoms with Crippen molar-refractivity contribution in [1.82, 2.24) is 10.2 Å². The number of carbonyl (C=O) groups is 1. The van der Waals surface area contributed by atoms with Crippen LogP contribution in [0.4, 0.5) is 0 Å². The lowest BCUT2D eigenvalue weighted by atomic mass is 9.54. The van der Waals surface area contributed by atoms with Gasteiger partial charge in [-0.05, 0) is 26.9 Å². The van der Waals surface area contributed by atoms with Gasteiger partial charge in [-0.25, -0.2) is 0 Å². The first kappa shape index (κ1) is 18.4. The molecule has 124 valence electrons. The predicted molar refractivity (Wildman–Crippen MR) is 86.1 cm³/mol. The SMILES string of the molecule is CCOC1CC(N)(C(=O)NCC(C(C)C)N(C)C)C1(C)C. The van der Waals surface area contributed by atoms with Gasteiger partial charge < -0.3 is 20.7 Å². The Labute approximate surface area is 129 Å². The third-order valence-corrected chi connectivity index (χ3v) is 5.14. The molecule has 0 aliphatic heterocycles. The van der Waals surface area contributed by atoms with Gasteiger partial charge in [0.1, 0.15) is 5.54 Å². The zero-order chi connectivity index (χ0) is 16.4. The molecule has 21 heavy (non-hydrogen) atoms. The smallest absolute Gasteiger partial charge is 0.240 e. The molecule has 0 aromatic carbocycles. The number of rotatable bonds is 7. The highest BCUT2D eigenvalue weighted by Gasteiger charge is 2.62. The van der Waals surface area contributed by atoms with E-state index >= 15 is 0 Å². The van der Waals surface area contributed by atoms with Gasteiger partial charge in [-0.2, -0.15) is 0 Å². The summed E-state index contributed by atoms with van der Waals surface area (Å²) in [5, 5.41) is 3.05. The second kappa shape index (κ2) is 6.63. The van der Waals surface area contributed by atoms with Crippen LogP contribution in [0.2, 0.25) is 0 Å². The van der Waals surface area contributed by atoms with Crippen molar-refractivity contribution in [1.29, 1.82) is 0 Å². The molecule has 0 aromatic rings. The third kappa shape index (κ3) is 3.41. The van der Waals surface area contributed by atoms with Crippen molar-refractivity contribution >= 4 is 5.91 Å². The molecule has 1 rings (SSSR count). The molecular weight excluding hydrogens is 266 g/mol. The van der Waals surface area contributed by atoms with Crippen LogP contribution in [0.1, 0.15) is 41.0 Å². The van der Waals surface area contributed by atoms with Crippen molar-refractivity contribution in [3.05, 3.63) is 0 Å². The molecule has 0 heterocycles. The Morgan fingerprint density at radius 3 is 2.38 bits per heavy atom. The second-order valence-electron chi connectivity index (χ2n) is 7.33. The van der Waals surface area contributed by atoms with Gasteiger partial charge in [0, 0.05) is 31.0 Å². The van der Waals surface area contributed by atoms with E-state index in [4.69, 9.17) is 10.5 Å². The maximum atomic E-state index is 12.6. The van der Waals surface area contributed by atoms with Gasteiger partial charge in [0.15, 0.2) is 0 Å². The first-order valence-corrected chi connectivity index (χ1v) is 7.93. The van der Waals surface area contributed by atoms with Gasteiger partial charge in [-0.1, -0.05) is 27.7 Å². The Kier molecular flexibility index (Phi) is 5.81. The molecule has 1 fully saturated rings. The Morgan fingerprint density at radius 1 is 1.43 bits per heavy atom. The third-order valence-electron chi connectivity index (χ3n) is 5.14. The number of carbonyl (C=O) groups excluding carboxylic acids is 1. The van der Waals surface area contributed by atoms with Gasteiger partial charge in [0.05, 0.1) is 6.10 Å². The molecule has 5 nitrogen and oxygen atoms in total. The highest BCUT2D eigenvalue weighted by Crippen LogP contribution is 2.49. The van der Waals surface area contributed by atoms with Gasteiger partial charge >= 0.3 is 0 Å². The summed E-state index contributed by atoms with van der Waals surface area (Å²) in [5.74, 6) is 0.413. The van der Waals surface area contributed by atoms with Crippen LogP contribution < -0.4 is 11.1 Å². The Bertz CT molecular complexity index is 361. The van der Waals surface area contributed by atoms with Crippen LogP contribution in [0.25, 0.3) is 0 Å². The summed E-state index contributed by atoms with van der Waals surface area (Å²) in [5.41, 5.74) is 5.21. The first-order chi connectivity index (χ1) is 9.57. The van der Waals surface area contributed by atoms with Crippen molar-refractivity contribution in [2.75, 3.05) is 27.2 Å². The number of hydrogen-bond acceptors (Lipinski definition) is 4. The highest BCUT2D eigenvalue weighted by molar-refractivity contribution is 5.88. The Morgan fingerprint density at radius 2 is 2.00 bits per heavy atom. The summed E-state index contributed by atoms with van der Waals surface area (Å²) in [7, 11) is 4.07. The summed E-state index contributed by atoms with van der Waals surface area (Å²) in [6.07, 6.45) is 0.654. The summed E-state index contributed by atoms with van der Waals surface area (Å²) in [6, 6.07) is 0.309. The topological polar surface area (TPSA) is 67.6 Å². The van der Waals surface area contributed by atoms with Crippen molar-refractivity contribution in [2.24, 2.45) is 17.1 Å². The lowest BCUT2D eigenvalue weighted by molar-refractivity contribution is -0.170. The predicted octanol–water partition coefficient (Wildman–Crippen LogP) is 1.22. The minimum Gasteiger partial charge on any atom is -0.378 e. The summed E-state index contributed by atoms with van der Waals surface area (Å²) in [4.78, 5) is 14.7. The van der Waals surface area contributed by atoms with Gasteiger partial charge in [0.2, 0.25) is 5.91 Å². The van der Waals surface area contributed by atoms with Gasteiger partial charge in [-0.3, -0.25) is 4.79 Å². The zero-order valence-corrected chi connectivity index (χ0v) is 14.7. The molecule has 0 radical (unpaired) electrons. The minimum atomic E-state index is -0.833. The number of likely N-dealkylation sites (N-methyl/N-ethyl adjacent to an activating group) is 1. The normalized spacial score (nSPS) is 29.3. The second-order valence-corrected chi connectivity index (χ2v) is 7.33. The average molecular weight is 299 g/mol. The standard InChI is InChI=1S/C16H33N3O2/c1-8-21-13-9-16(17,15(13,4)5)14(20)18-10-12(11(2)3)19(6)7/h11-13H,8-10,17H2,1-7H3,(H,18,20). The van der Waals surface area contributed by atoms with Crippen LogP contribution in [0.15, 0.2) is 0 Å². The van der Waals surface area contributed by atoms with E-state index in [1.165, 1.54) is 0 Å². The summed E-state index contributed by atoms with van der Waals surface area (Å²) < 4.78 is 5.67. The van der Waals surface area contributed by atoms with Crippen LogP contribution >= 0.6 is 0 Å². The van der Waals surface area contributed by atoms with E-state index < -0.39 is 5.54 Å². The molecule has 0 spiro atoms. The number of nitrogens with one attached hydrogen (secondary N) is 1. The molecule has 3 unspecified atom stereocenters. The van der Waals surface area contributed by atoms with Crippen molar-refractivity contribution in [2.45, 2.75) is 58.7 Å². The van der Waals surface area contributed by atoms with E-state index in [-0.39, 0.29) is 17.4 Å². The number of hydrogen-bond donors (Lipinski definition) is 2. The number of amides is 1. The van der Waals surface area contributed by atoms with E-state index in [0.717, 1.165) is 0 Å². The molecule has 0 bridgehead atoms. The van der Waals surface area contributed by atoms with Crippen molar-refractivity contribution in [3.8, 4) is 0 Å². The van der Waals surface area contributed by atoms with Crippen molar-refractivity contribution in [3.63, 3.8) is 0 Å². The van der Waals surface area contributed by atoms with Crippen LogP contribution in [-0.2, 0) is 9.53 Å². The quantitative estimate of drug-likeness (QED) is 0.742. The molecule has 1 saturated carbocycles. The minimum absolute atomic E-state index is 0.0593. The molecule has 0 aromatic heterocycles. The molecule has 1 amide bonds. The van der Waals surface area contributed by atoms with E-state index in [9.17, 15) is 4.79 Å². The molecule has 1 aliphatic rings. The number of nitrogens with zero attached hydrogens (tertiary/aromatic N) is 1. The van der Waals surface area contributed by atoms with E-state index in [1.54, 1.807) is 0 Å². The Balaban J connectivity index is 2.64. The first-order valence-electron chi connectivity index (χ1n) is 7.93. The summed E-state index contributed by atoms with van der Waals surface area (Å²) in [6.45, 7) is 11.6. The highest BCUT2D eigenvalue weighted by atomic mass is 16.5. The fourth-order valence-electron chi connectivity index (χ4n) is 3.19. The number of ether oxygens (including phenoxy) is 1. The fraction of sp³-hybridized carbons (Fsp3) is 0.938. The average Bonchev–Trinajstić information content (AvgIpc) is 2.37. The van der Waals surface area contributed by atoms with Crippen LogP contribution in [0, 0.1) is 11.3 Å². The monoisotopic (exact) mass is 299 g/mol. The lowest BCUT2D eigenvalue weighted by Gasteiger charge is -2.57. The number of nitrogens with two attached hydrogens (primary N) is 1. The molecule has 3 N–H and O–H groups in total.